The van der Waals surface area contributed by atoms with Crippen LogP contribution >= 0.6 is 0 Å². The van der Waals surface area contributed by atoms with Crippen LogP contribution in [0.1, 0.15) is 23.1 Å². The molecule has 0 aliphatic carbocycles. The number of esters is 1. The minimum absolute atomic E-state index is 0.108. The molecule has 0 unspecified atom stereocenters. The average Bonchev–Trinajstić information content (AvgIpc) is 2.92. The first-order valence-corrected chi connectivity index (χ1v) is 5.48. The molecule has 3 N–H and O–H groups in total. The van der Waals surface area contributed by atoms with Gasteiger partial charge in [0, 0.05) is 0 Å². The second kappa shape index (κ2) is 5.40. The molecule has 0 bridgehead atoms. The molecular weight excluding hydrogens is 252 g/mol. The van der Waals surface area contributed by atoms with Crippen LogP contribution in [0.5, 0.6) is 0 Å². The number of aromatic nitrogens is 5. The number of anilines is 1. The normalized spacial score (nSPS) is 10.4. The van der Waals surface area contributed by atoms with Crippen molar-refractivity contribution >= 4 is 11.8 Å². The van der Waals surface area contributed by atoms with Crippen molar-refractivity contribution in [1.29, 1.82) is 0 Å². The van der Waals surface area contributed by atoms with Gasteiger partial charge in [-0.15, -0.1) is 4.80 Å². The predicted octanol–water partition coefficient (Wildman–Crippen LogP) is -0.692. The maximum atomic E-state index is 11.6. The van der Waals surface area contributed by atoms with E-state index in [0.29, 0.717) is 0 Å². The molecule has 0 aliphatic rings. The van der Waals surface area contributed by atoms with Crippen molar-refractivity contribution in [3.63, 3.8) is 0 Å². The largest absolute Gasteiger partial charge is 0.461 e. The third-order valence-corrected chi connectivity index (χ3v) is 2.20. The number of carbonyl (C=O) groups excluding carboxylic acids is 1. The van der Waals surface area contributed by atoms with Crippen molar-refractivity contribution in [2.45, 2.75) is 13.5 Å². The number of carbonyl (C=O) groups is 1. The molecule has 9 nitrogen and oxygen atoms in total. The van der Waals surface area contributed by atoms with Crippen molar-refractivity contribution in [1.82, 2.24) is 25.0 Å². The van der Waals surface area contributed by atoms with Crippen LogP contribution < -0.4 is 5.73 Å². The minimum atomic E-state index is -0.692. The summed E-state index contributed by atoms with van der Waals surface area (Å²) in [5.74, 6) is -0.636. The SMILES string of the molecule is CCOC(=O)c1nc(CO)c(-n2nccn2)nc1N. The van der Waals surface area contributed by atoms with Crippen molar-refractivity contribution < 1.29 is 14.6 Å². The van der Waals surface area contributed by atoms with E-state index in [4.69, 9.17) is 10.5 Å². The fraction of sp³-hybridized carbons (Fsp3) is 0.300. The first kappa shape index (κ1) is 12.9. The zero-order valence-electron chi connectivity index (χ0n) is 10.1. The number of rotatable bonds is 4. The average molecular weight is 264 g/mol. The van der Waals surface area contributed by atoms with Gasteiger partial charge in [0.1, 0.15) is 5.69 Å². The molecule has 9 heteroatoms. The molecule has 0 radical (unpaired) electrons. The highest BCUT2D eigenvalue weighted by molar-refractivity contribution is 5.92. The molecule has 0 saturated carbocycles. The number of hydrogen-bond donors (Lipinski definition) is 2. The smallest absolute Gasteiger partial charge is 0.360 e. The number of nitrogens with zero attached hydrogens (tertiary/aromatic N) is 5. The molecule has 2 rings (SSSR count). The maximum absolute atomic E-state index is 11.6. The first-order chi connectivity index (χ1) is 9.17. The summed E-state index contributed by atoms with van der Waals surface area (Å²) in [6, 6.07) is 0. The van der Waals surface area contributed by atoms with Gasteiger partial charge < -0.3 is 15.6 Å². The number of hydrogen-bond acceptors (Lipinski definition) is 8. The van der Waals surface area contributed by atoms with Gasteiger partial charge in [-0.25, -0.2) is 14.8 Å². The van der Waals surface area contributed by atoms with Gasteiger partial charge in [-0.1, -0.05) is 0 Å². The lowest BCUT2D eigenvalue weighted by atomic mass is 10.3. The van der Waals surface area contributed by atoms with Crippen molar-refractivity contribution in [3.8, 4) is 5.82 Å². The molecule has 19 heavy (non-hydrogen) atoms. The molecule has 0 spiro atoms. The molecule has 2 heterocycles. The van der Waals surface area contributed by atoms with Gasteiger partial charge in [0.2, 0.25) is 5.82 Å². The standard InChI is InChI=1S/C10H12N6O3/c1-2-19-10(18)7-8(11)15-9(6(5-17)14-7)16-12-3-4-13-16/h3-4,17H,2,5H2,1H3,(H2,11,15). The Morgan fingerprint density at radius 3 is 2.68 bits per heavy atom. The number of aliphatic hydroxyl groups excluding tert-OH is 1. The van der Waals surface area contributed by atoms with Gasteiger partial charge in [-0.3, -0.25) is 0 Å². The lowest BCUT2D eigenvalue weighted by molar-refractivity contribution is 0.0519. The Kier molecular flexibility index (Phi) is 3.66. The second-order valence-corrected chi connectivity index (χ2v) is 3.42. The molecule has 0 amide bonds. The highest BCUT2D eigenvalue weighted by Gasteiger charge is 2.19. The van der Waals surface area contributed by atoms with Crippen molar-refractivity contribution in [3.05, 3.63) is 23.8 Å². The van der Waals surface area contributed by atoms with Crippen molar-refractivity contribution in [2.24, 2.45) is 0 Å². The fourth-order valence-corrected chi connectivity index (χ4v) is 1.41. The Bertz CT molecular complexity index is 583. The van der Waals surface area contributed by atoms with Crippen LogP contribution in [-0.2, 0) is 11.3 Å². The lowest BCUT2D eigenvalue weighted by Crippen LogP contribution is -2.17. The Hall–Kier alpha value is -2.55. The molecule has 0 atom stereocenters. The molecule has 2 aromatic rings. The number of nitrogens with two attached hydrogens (primary N) is 1. The number of ether oxygens (including phenoxy) is 1. The summed E-state index contributed by atoms with van der Waals surface area (Å²) in [6.07, 6.45) is 2.89. The second-order valence-electron chi connectivity index (χ2n) is 3.42. The van der Waals surface area contributed by atoms with Crippen LogP contribution in [0.15, 0.2) is 12.4 Å². The van der Waals surface area contributed by atoms with E-state index >= 15 is 0 Å². The molecule has 0 saturated heterocycles. The van der Waals surface area contributed by atoms with Crippen LogP contribution in [0.3, 0.4) is 0 Å². The Morgan fingerprint density at radius 1 is 1.42 bits per heavy atom. The lowest BCUT2D eigenvalue weighted by Gasteiger charge is -2.09. The van der Waals surface area contributed by atoms with E-state index in [0.717, 1.165) is 4.80 Å². The summed E-state index contributed by atoms with van der Waals surface area (Å²) in [5.41, 5.74) is 5.65. The van der Waals surface area contributed by atoms with E-state index < -0.39 is 12.6 Å². The maximum Gasteiger partial charge on any atom is 0.360 e. The summed E-state index contributed by atoms with van der Waals surface area (Å²) in [6.45, 7) is 1.42. The molecule has 2 aromatic heterocycles. The predicted molar refractivity (Wildman–Crippen MR) is 63.2 cm³/mol. The molecule has 0 fully saturated rings. The topological polar surface area (TPSA) is 129 Å². The quantitative estimate of drug-likeness (QED) is 0.694. The Balaban J connectivity index is 2.49. The first-order valence-electron chi connectivity index (χ1n) is 5.48. The minimum Gasteiger partial charge on any atom is -0.461 e. The Labute approximate surface area is 108 Å². The van der Waals surface area contributed by atoms with E-state index in [1.165, 1.54) is 12.4 Å². The summed E-state index contributed by atoms with van der Waals surface area (Å²) in [4.78, 5) is 20.7. The summed E-state index contributed by atoms with van der Waals surface area (Å²) < 4.78 is 4.80. The molecule has 0 aliphatic heterocycles. The highest BCUT2D eigenvalue weighted by atomic mass is 16.5. The fourth-order valence-electron chi connectivity index (χ4n) is 1.41. The third kappa shape index (κ3) is 2.50. The third-order valence-electron chi connectivity index (χ3n) is 2.20. The number of nitrogen functional groups attached to an aromatic ring is 1. The van der Waals surface area contributed by atoms with Crippen LogP contribution in [0.2, 0.25) is 0 Å². The number of aliphatic hydroxyl groups is 1. The monoisotopic (exact) mass is 264 g/mol. The van der Waals surface area contributed by atoms with Gasteiger partial charge in [0.15, 0.2) is 11.5 Å². The van der Waals surface area contributed by atoms with E-state index in [1.54, 1.807) is 6.92 Å². The Morgan fingerprint density at radius 2 is 2.11 bits per heavy atom. The van der Waals surface area contributed by atoms with Gasteiger partial charge in [-0.05, 0) is 6.92 Å². The van der Waals surface area contributed by atoms with Crippen LogP contribution in [0.4, 0.5) is 5.82 Å². The zero-order valence-corrected chi connectivity index (χ0v) is 10.1. The van der Waals surface area contributed by atoms with E-state index in [9.17, 15) is 9.90 Å². The van der Waals surface area contributed by atoms with E-state index in [-0.39, 0.29) is 29.6 Å². The molecule has 0 aromatic carbocycles. The summed E-state index contributed by atoms with van der Waals surface area (Å²) in [7, 11) is 0. The van der Waals surface area contributed by atoms with Gasteiger partial charge in [-0.2, -0.15) is 10.2 Å². The van der Waals surface area contributed by atoms with Crippen LogP contribution in [0, 0.1) is 0 Å². The van der Waals surface area contributed by atoms with Crippen LogP contribution in [0.25, 0.3) is 5.82 Å². The molecule has 100 valence electrons. The summed E-state index contributed by atoms with van der Waals surface area (Å²) in [5, 5.41) is 17.0. The summed E-state index contributed by atoms with van der Waals surface area (Å²) >= 11 is 0. The van der Waals surface area contributed by atoms with Gasteiger partial charge in [0.05, 0.1) is 25.6 Å². The van der Waals surface area contributed by atoms with Gasteiger partial charge in [0.25, 0.3) is 0 Å². The highest BCUT2D eigenvalue weighted by Crippen LogP contribution is 2.14. The van der Waals surface area contributed by atoms with Crippen molar-refractivity contribution in [2.75, 3.05) is 12.3 Å². The van der Waals surface area contributed by atoms with Crippen LogP contribution in [-0.4, -0.2) is 42.6 Å². The zero-order chi connectivity index (χ0) is 13.8. The van der Waals surface area contributed by atoms with Gasteiger partial charge >= 0.3 is 5.97 Å². The molecular formula is C10H12N6O3. The van der Waals surface area contributed by atoms with E-state index in [2.05, 4.69) is 20.2 Å². The van der Waals surface area contributed by atoms with E-state index in [1.807, 2.05) is 0 Å².